The van der Waals surface area contributed by atoms with Crippen LogP contribution >= 0.6 is 0 Å². The van der Waals surface area contributed by atoms with Gasteiger partial charge in [-0.1, -0.05) is 43.7 Å². The highest BCUT2D eigenvalue weighted by Gasteiger charge is 2.16. The lowest BCUT2D eigenvalue weighted by atomic mass is 10.1. The van der Waals surface area contributed by atoms with Crippen LogP contribution in [0.5, 0.6) is 5.75 Å². The molecule has 3 aromatic rings. The van der Waals surface area contributed by atoms with E-state index in [1.54, 1.807) is 42.5 Å². The summed E-state index contributed by atoms with van der Waals surface area (Å²) in [6.45, 7) is 2.48. The number of aryl methyl sites for hydroxylation is 1. The summed E-state index contributed by atoms with van der Waals surface area (Å²) in [5, 5.41) is 18.6. The molecule has 0 aliphatic rings. The van der Waals surface area contributed by atoms with Crippen LogP contribution in [-0.2, 0) is 6.54 Å². The minimum Gasteiger partial charge on any atom is -0.508 e. The summed E-state index contributed by atoms with van der Waals surface area (Å²) < 4.78 is 1.33. The number of benzene rings is 2. The second-order valence-electron chi connectivity index (χ2n) is 6.07. The van der Waals surface area contributed by atoms with Gasteiger partial charge in [0.05, 0.1) is 11.6 Å². The molecular formula is C20H20N4O3. The number of phenols is 1. The van der Waals surface area contributed by atoms with E-state index in [1.807, 2.05) is 6.92 Å². The number of hydrogen-bond donors (Lipinski definition) is 2. The summed E-state index contributed by atoms with van der Waals surface area (Å²) in [6.07, 6.45) is 3.13. The lowest BCUT2D eigenvalue weighted by Crippen LogP contribution is -2.29. The van der Waals surface area contributed by atoms with E-state index in [4.69, 9.17) is 0 Å². The van der Waals surface area contributed by atoms with Crippen molar-refractivity contribution in [2.75, 3.05) is 0 Å². The van der Waals surface area contributed by atoms with Crippen LogP contribution < -0.4 is 11.0 Å². The summed E-state index contributed by atoms with van der Waals surface area (Å²) in [5.74, 6) is -0.395. The Balaban J connectivity index is 1.91. The van der Waals surface area contributed by atoms with Crippen LogP contribution in [0.4, 0.5) is 0 Å². The van der Waals surface area contributed by atoms with Crippen LogP contribution in [0, 0.1) is 0 Å². The molecule has 0 saturated carbocycles. The van der Waals surface area contributed by atoms with E-state index >= 15 is 0 Å². The number of aromatic nitrogens is 2. The van der Waals surface area contributed by atoms with Crippen molar-refractivity contribution in [2.24, 2.45) is 5.10 Å². The zero-order valence-corrected chi connectivity index (χ0v) is 14.9. The molecule has 7 heteroatoms. The fraction of sp³-hybridized carbons (Fsp3) is 0.200. The monoisotopic (exact) mass is 364 g/mol. The minimum absolute atomic E-state index is 0.112. The predicted octanol–water partition coefficient (Wildman–Crippen LogP) is 2.67. The second-order valence-corrected chi connectivity index (χ2v) is 6.07. The molecule has 27 heavy (non-hydrogen) atoms. The number of amides is 1. The van der Waals surface area contributed by atoms with Gasteiger partial charge in [-0.25, -0.2) is 10.1 Å². The maximum absolute atomic E-state index is 12.6. The quantitative estimate of drug-likeness (QED) is 0.519. The molecule has 1 heterocycles. The lowest BCUT2D eigenvalue weighted by Gasteiger charge is -2.09. The van der Waals surface area contributed by atoms with Crippen LogP contribution in [0.25, 0.3) is 10.8 Å². The Morgan fingerprint density at radius 2 is 2.00 bits per heavy atom. The molecule has 138 valence electrons. The van der Waals surface area contributed by atoms with Crippen molar-refractivity contribution in [2.45, 2.75) is 26.3 Å². The first-order chi connectivity index (χ1) is 13.1. The molecule has 0 atom stereocenters. The average molecular weight is 364 g/mol. The summed E-state index contributed by atoms with van der Waals surface area (Å²) in [4.78, 5) is 25.2. The van der Waals surface area contributed by atoms with Gasteiger partial charge in [-0.2, -0.15) is 10.2 Å². The molecule has 2 aromatic carbocycles. The van der Waals surface area contributed by atoms with Crippen LogP contribution in [0.15, 0.2) is 58.4 Å². The Kier molecular flexibility index (Phi) is 5.61. The largest absolute Gasteiger partial charge is 0.508 e. The maximum atomic E-state index is 12.6. The number of rotatable bonds is 6. The molecule has 0 unspecified atom stereocenters. The molecule has 2 N–H and O–H groups in total. The Hall–Kier alpha value is -3.48. The minimum atomic E-state index is -0.507. The van der Waals surface area contributed by atoms with Gasteiger partial charge in [-0.05, 0) is 30.2 Å². The Morgan fingerprint density at radius 3 is 2.74 bits per heavy atom. The second kappa shape index (κ2) is 8.27. The fourth-order valence-electron chi connectivity index (χ4n) is 2.69. The average Bonchev–Trinajstić information content (AvgIpc) is 2.67. The van der Waals surface area contributed by atoms with Gasteiger partial charge in [0.15, 0.2) is 5.69 Å². The number of nitrogens with zero attached hydrogens (tertiary/aromatic N) is 3. The molecule has 1 amide bonds. The van der Waals surface area contributed by atoms with Crippen LogP contribution in [0.3, 0.4) is 0 Å². The number of phenolic OH excluding ortho intramolecular Hbond substituents is 1. The molecule has 3 rings (SSSR count). The van der Waals surface area contributed by atoms with E-state index in [-0.39, 0.29) is 17.0 Å². The number of hydrazone groups is 1. The van der Waals surface area contributed by atoms with Gasteiger partial charge in [0.2, 0.25) is 0 Å². The van der Waals surface area contributed by atoms with Crippen molar-refractivity contribution in [3.05, 3.63) is 70.1 Å². The van der Waals surface area contributed by atoms with Gasteiger partial charge in [-0.15, -0.1) is 0 Å². The third kappa shape index (κ3) is 4.20. The van der Waals surface area contributed by atoms with Gasteiger partial charge in [0, 0.05) is 11.9 Å². The highest BCUT2D eigenvalue weighted by molar-refractivity contribution is 6.04. The van der Waals surface area contributed by atoms with E-state index in [2.05, 4.69) is 15.6 Å². The number of aromatic hydroxyl groups is 1. The first kappa shape index (κ1) is 18.3. The van der Waals surface area contributed by atoms with Crippen molar-refractivity contribution in [1.82, 2.24) is 15.2 Å². The van der Waals surface area contributed by atoms with Crippen LogP contribution in [0.2, 0.25) is 0 Å². The fourth-order valence-corrected chi connectivity index (χ4v) is 2.69. The molecular weight excluding hydrogens is 344 g/mol. The van der Waals surface area contributed by atoms with Gasteiger partial charge in [0.1, 0.15) is 5.75 Å². The Labute approximate surface area is 156 Å². The number of hydrogen-bond acceptors (Lipinski definition) is 5. The molecule has 1 aromatic heterocycles. The van der Waals surface area contributed by atoms with Crippen LogP contribution in [-0.4, -0.2) is 27.0 Å². The zero-order valence-electron chi connectivity index (χ0n) is 14.9. The molecule has 0 aliphatic carbocycles. The van der Waals surface area contributed by atoms with Gasteiger partial charge in [0.25, 0.3) is 11.5 Å². The maximum Gasteiger partial charge on any atom is 0.292 e. The molecule has 7 nitrogen and oxygen atoms in total. The Bertz CT molecular complexity index is 1060. The molecule has 0 bridgehead atoms. The van der Waals surface area contributed by atoms with Gasteiger partial charge in [-0.3, -0.25) is 9.59 Å². The van der Waals surface area contributed by atoms with Crippen molar-refractivity contribution < 1.29 is 9.90 Å². The number of unbranched alkanes of at least 4 members (excludes halogenated alkanes) is 1. The highest BCUT2D eigenvalue weighted by atomic mass is 16.3. The zero-order chi connectivity index (χ0) is 19.2. The first-order valence-electron chi connectivity index (χ1n) is 8.72. The standard InChI is InChI=1S/C20H20N4O3/c1-2-3-11-24-20(27)17-10-5-4-9-16(17)18(23-24)19(26)22-21-13-14-7-6-8-15(25)12-14/h4-10,12-13,25H,2-3,11H2,1H3,(H,22,26)/b21-13-. The summed E-state index contributed by atoms with van der Waals surface area (Å²) in [7, 11) is 0. The summed E-state index contributed by atoms with van der Waals surface area (Å²) in [6, 6.07) is 13.4. The third-order valence-electron chi connectivity index (χ3n) is 4.06. The van der Waals surface area contributed by atoms with E-state index in [9.17, 15) is 14.7 Å². The predicted molar refractivity (Wildman–Crippen MR) is 104 cm³/mol. The van der Waals surface area contributed by atoms with Crippen molar-refractivity contribution in [1.29, 1.82) is 0 Å². The van der Waals surface area contributed by atoms with E-state index < -0.39 is 5.91 Å². The topological polar surface area (TPSA) is 96.6 Å². The number of carbonyl (C=O) groups is 1. The normalized spacial score (nSPS) is 11.1. The molecule has 0 fully saturated rings. The number of fused-ring (bicyclic) bond motifs is 1. The summed E-state index contributed by atoms with van der Waals surface area (Å²) in [5.41, 5.74) is 3.01. The smallest absolute Gasteiger partial charge is 0.292 e. The van der Waals surface area contributed by atoms with Crippen molar-refractivity contribution >= 4 is 22.9 Å². The number of carbonyl (C=O) groups excluding carboxylic acids is 1. The SMILES string of the molecule is CCCCn1nc(C(=O)N/N=C\c2cccc(O)c2)c2ccccc2c1=O. The third-order valence-corrected chi connectivity index (χ3v) is 4.06. The van der Waals surface area contributed by atoms with Crippen LogP contribution in [0.1, 0.15) is 35.8 Å². The molecule has 0 radical (unpaired) electrons. The highest BCUT2D eigenvalue weighted by Crippen LogP contribution is 2.13. The molecule has 0 aliphatic heterocycles. The van der Waals surface area contributed by atoms with Gasteiger partial charge >= 0.3 is 0 Å². The van der Waals surface area contributed by atoms with Crippen molar-refractivity contribution in [3.63, 3.8) is 0 Å². The van der Waals surface area contributed by atoms with E-state index in [0.717, 1.165) is 12.8 Å². The van der Waals surface area contributed by atoms with Gasteiger partial charge < -0.3 is 5.11 Å². The lowest BCUT2D eigenvalue weighted by molar-refractivity contribution is 0.0949. The summed E-state index contributed by atoms with van der Waals surface area (Å²) >= 11 is 0. The molecule has 0 spiro atoms. The van der Waals surface area contributed by atoms with Crippen molar-refractivity contribution in [3.8, 4) is 5.75 Å². The Morgan fingerprint density at radius 1 is 1.22 bits per heavy atom. The van der Waals surface area contributed by atoms with E-state index in [0.29, 0.717) is 22.9 Å². The van der Waals surface area contributed by atoms with E-state index in [1.165, 1.54) is 17.0 Å². The first-order valence-corrected chi connectivity index (χ1v) is 8.72. The number of nitrogens with one attached hydrogen (secondary N) is 1. The molecule has 0 saturated heterocycles.